The van der Waals surface area contributed by atoms with E-state index in [1.165, 1.54) is 0 Å². The van der Waals surface area contributed by atoms with E-state index >= 15 is 0 Å². The van der Waals surface area contributed by atoms with E-state index in [4.69, 9.17) is 0 Å². The first-order chi connectivity index (χ1) is 9.39. The highest BCUT2D eigenvalue weighted by Crippen LogP contribution is 2.19. The van der Waals surface area contributed by atoms with Crippen molar-refractivity contribution in [3.63, 3.8) is 0 Å². The maximum Gasteiger partial charge on any atom is 0.406 e. The van der Waals surface area contributed by atoms with Crippen LogP contribution in [0.3, 0.4) is 0 Å². The van der Waals surface area contributed by atoms with Crippen molar-refractivity contribution in [2.24, 2.45) is 0 Å². The van der Waals surface area contributed by atoms with Crippen LogP contribution in [0.25, 0.3) is 0 Å². The second-order valence-corrected chi connectivity index (χ2v) is 4.45. The summed E-state index contributed by atoms with van der Waals surface area (Å²) in [7, 11) is 1.78. The van der Waals surface area contributed by atoms with Crippen molar-refractivity contribution < 1.29 is 18.0 Å². The lowest BCUT2D eigenvalue weighted by molar-refractivity contribution is -0.140. The van der Waals surface area contributed by atoms with Gasteiger partial charge in [0.25, 0.3) is 5.91 Å². The zero-order valence-corrected chi connectivity index (χ0v) is 11.6. The minimum Gasteiger partial charge on any atom is -0.330 e. The summed E-state index contributed by atoms with van der Waals surface area (Å²) in [6, 6.07) is 6.79. The summed E-state index contributed by atoms with van der Waals surface area (Å²) in [5, 5.41) is 2.96. The van der Waals surface area contributed by atoms with Crippen LogP contribution in [0.1, 0.15) is 22.8 Å². The van der Waals surface area contributed by atoms with Gasteiger partial charge in [-0.05, 0) is 38.6 Å². The smallest absolute Gasteiger partial charge is 0.330 e. The molecule has 0 saturated heterocycles. The molecule has 0 spiro atoms. The molecule has 1 rings (SSSR count). The fraction of sp³-hybridized carbons (Fsp3) is 0.500. The lowest BCUT2D eigenvalue weighted by Gasteiger charge is -2.23. The molecule has 1 aromatic rings. The van der Waals surface area contributed by atoms with E-state index in [-0.39, 0.29) is 6.54 Å². The fourth-order valence-corrected chi connectivity index (χ4v) is 1.92. The second-order valence-electron chi connectivity index (χ2n) is 4.45. The third kappa shape index (κ3) is 4.85. The van der Waals surface area contributed by atoms with Crippen LogP contribution in [-0.4, -0.2) is 43.7 Å². The number of halogens is 3. The second kappa shape index (κ2) is 7.28. The maximum absolute atomic E-state index is 12.5. The van der Waals surface area contributed by atoms with Gasteiger partial charge in [0.05, 0.1) is 0 Å². The minimum atomic E-state index is -4.38. The van der Waals surface area contributed by atoms with Crippen LogP contribution in [0.5, 0.6) is 0 Å². The van der Waals surface area contributed by atoms with Crippen LogP contribution >= 0.6 is 0 Å². The Morgan fingerprint density at radius 1 is 1.30 bits per heavy atom. The van der Waals surface area contributed by atoms with Crippen molar-refractivity contribution in [1.29, 1.82) is 0 Å². The first-order valence-corrected chi connectivity index (χ1v) is 6.47. The van der Waals surface area contributed by atoms with Crippen LogP contribution in [0.2, 0.25) is 0 Å². The number of carbonyl (C=O) groups is 1. The Morgan fingerprint density at radius 3 is 2.50 bits per heavy atom. The molecule has 112 valence electrons. The largest absolute Gasteiger partial charge is 0.406 e. The number of benzene rings is 1. The first kappa shape index (κ1) is 16.5. The van der Waals surface area contributed by atoms with Gasteiger partial charge in [0.15, 0.2) is 0 Å². The Bertz CT molecular complexity index is 446. The number of likely N-dealkylation sites (N-methyl/N-ethyl adjacent to an activating group) is 1. The molecule has 3 nitrogen and oxygen atoms in total. The molecule has 0 fully saturated rings. The SMILES string of the molecule is CCN(CC(F)(F)F)C(=O)c1ccccc1CCNC. The molecular weight excluding hydrogens is 269 g/mol. The Hall–Kier alpha value is -1.56. The lowest BCUT2D eigenvalue weighted by Crippen LogP contribution is -2.39. The van der Waals surface area contributed by atoms with E-state index in [2.05, 4.69) is 5.32 Å². The third-order valence-corrected chi connectivity index (χ3v) is 2.93. The molecular formula is C14H19F3N2O. The van der Waals surface area contributed by atoms with Gasteiger partial charge in [-0.3, -0.25) is 4.79 Å². The quantitative estimate of drug-likeness (QED) is 0.872. The van der Waals surface area contributed by atoms with E-state index in [9.17, 15) is 18.0 Å². The Balaban J connectivity index is 2.94. The number of nitrogens with zero attached hydrogens (tertiary/aromatic N) is 1. The minimum absolute atomic E-state index is 0.0265. The fourth-order valence-electron chi connectivity index (χ4n) is 1.92. The van der Waals surface area contributed by atoms with Crippen molar-refractivity contribution >= 4 is 5.91 Å². The summed E-state index contributed by atoms with van der Waals surface area (Å²) < 4.78 is 37.4. The van der Waals surface area contributed by atoms with Gasteiger partial charge in [-0.25, -0.2) is 0 Å². The molecule has 0 bridgehead atoms. The van der Waals surface area contributed by atoms with Gasteiger partial charge in [0.2, 0.25) is 0 Å². The molecule has 0 unspecified atom stereocenters. The van der Waals surface area contributed by atoms with Crippen molar-refractivity contribution in [3.8, 4) is 0 Å². The van der Waals surface area contributed by atoms with Crippen LogP contribution < -0.4 is 5.32 Å². The summed E-state index contributed by atoms with van der Waals surface area (Å²) in [4.78, 5) is 13.1. The molecule has 1 aromatic carbocycles. The van der Waals surface area contributed by atoms with Gasteiger partial charge in [-0.2, -0.15) is 13.2 Å². The van der Waals surface area contributed by atoms with E-state index in [0.29, 0.717) is 18.5 Å². The molecule has 0 atom stereocenters. The van der Waals surface area contributed by atoms with E-state index < -0.39 is 18.6 Å². The van der Waals surface area contributed by atoms with Crippen LogP contribution in [0.15, 0.2) is 24.3 Å². The zero-order chi connectivity index (χ0) is 15.2. The van der Waals surface area contributed by atoms with Crippen molar-refractivity contribution in [2.45, 2.75) is 19.5 Å². The molecule has 0 saturated carbocycles. The molecule has 0 heterocycles. The highest BCUT2D eigenvalue weighted by Gasteiger charge is 2.33. The van der Waals surface area contributed by atoms with E-state index in [1.807, 2.05) is 0 Å². The molecule has 20 heavy (non-hydrogen) atoms. The molecule has 6 heteroatoms. The van der Waals surface area contributed by atoms with Crippen LogP contribution in [0, 0.1) is 0 Å². The van der Waals surface area contributed by atoms with Gasteiger partial charge in [0.1, 0.15) is 6.54 Å². The van der Waals surface area contributed by atoms with Crippen molar-refractivity contribution in [1.82, 2.24) is 10.2 Å². The van der Waals surface area contributed by atoms with Crippen LogP contribution in [-0.2, 0) is 6.42 Å². The number of carbonyl (C=O) groups excluding carboxylic acids is 1. The molecule has 0 aliphatic carbocycles. The molecule has 0 aliphatic rings. The molecule has 0 aromatic heterocycles. The summed E-state index contributed by atoms with van der Waals surface area (Å²) in [5.74, 6) is -0.573. The Morgan fingerprint density at radius 2 is 1.95 bits per heavy atom. The predicted octanol–water partition coefficient (Wildman–Crippen LogP) is 2.47. The first-order valence-electron chi connectivity index (χ1n) is 6.47. The Labute approximate surface area is 116 Å². The number of hydrogen-bond donors (Lipinski definition) is 1. The normalized spacial score (nSPS) is 11.4. The monoisotopic (exact) mass is 288 g/mol. The van der Waals surface area contributed by atoms with Crippen molar-refractivity contribution in [3.05, 3.63) is 35.4 Å². The maximum atomic E-state index is 12.5. The molecule has 0 aliphatic heterocycles. The average molecular weight is 288 g/mol. The van der Waals surface area contributed by atoms with Gasteiger partial charge < -0.3 is 10.2 Å². The molecule has 0 radical (unpaired) electrons. The number of amides is 1. The topological polar surface area (TPSA) is 32.3 Å². The summed E-state index contributed by atoms with van der Waals surface area (Å²) in [6.45, 7) is 1.01. The number of nitrogens with one attached hydrogen (secondary N) is 1. The number of rotatable bonds is 6. The predicted molar refractivity (Wildman–Crippen MR) is 71.7 cm³/mol. The standard InChI is InChI=1S/C14H19F3N2O/c1-3-19(10-14(15,16)17)13(20)12-7-5-4-6-11(12)8-9-18-2/h4-7,18H,3,8-10H2,1-2H3. The number of alkyl halides is 3. The average Bonchev–Trinajstić information content (AvgIpc) is 2.41. The lowest BCUT2D eigenvalue weighted by atomic mass is 10.0. The molecule has 1 N–H and O–H groups in total. The molecule has 1 amide bonds. The van der Waals surface area contributed by atoms with Crippen molar-refractivity contribution in [2.75, 3.05) is 26.7 Å². The number of hydrogen-bond acceptors (Lipinski definition) is 2. The highest BCUT2D eigenvalue weighted by atomic mass is 19.4. The Kier molecular flexibility index (Phi) is 6.01. The van der Waals surface area contributed by atoms with E-state index in [1.54, 1.807) is 38.2 Å². The van der Waals surface area contributed by atoms with Gasteiger partial charge in [0, 0.05) is 12.1 Å². The zero-order valence-electron chi connectivity index (χ0n) is 11.6. The van der Waals surface area contributed by atoms with Gasteiger partial charge in [-0.15, -0.1) is 0 Å². The highest BCUT2D eigenvalue weighted by molar-refractivity contribution is 5.95. The summed E-state index contributed by atoms with van der Waals surface area (Å²) >= 11 is 0. The third-order valence-electron chi connectivity index (χ3n) is 2.93. The van der Waals surface area contributed by atoms with E-state index in [0.717, 1.165) is 10.5 Å². The van der Waals surface area contributed by atoms with Gasteiger partial charge in [-0.1, -0.05) is 18.2 Å². The van der Waals surface area contributed by atoms with Crippen LogP contribution in [0.4, 0.5) is 13.2 Å². The summed E-state index contributed by atoms with van der Waals surface area (Å²) in [5.41, 5.74) is 1.10. The summed E-state index contributed by atoms with van der Waals surface area (Å²) in [6.07, 6.45) is -3.78. The van der Waals surface area contributed by atoms with Gasteiger partial charge >= 0.3 is 6.18 Å².